The van der Waals surface area contributed by atoms with Gasteiger partial charge in [-0.15, -0.1) is 0 Å². The highest BCUT2D eigenvalue weighted by atomic mass is 32.2. The van der Waals surface area contributed by atoms with E-state index in [2.05, 4.69) is 15.0 Å². The predicted octanol–water partition coefficient (Wildman–Crippen LogP) is 6.46. The summed E-state index contributed by atoms with van der Waals surface area (Å²) in [6.07, 6.45) is 4.51. The molecular formula is C44H58F3N5O10S. The van der Waals surface area contributed by atoms with Crippen molar-refractivity contribution in [3.8, 4) is 17.5 Å². The average Bonchev–Trinajstić information content (AvgIpc) is 4.14. The summed E-state index contributed by atoms with van der Waals surface area (Å²) in [5.41, 5.74) is -4.12. The van der Waals surface area contributed by atoms with Gasteiger partial charge in [-0.1, -0.05) is 39.3 Å². The normalized spacial score (nSPS) is 31.1. The molecule has 3 N–H and O–H groups in total. The van der Waals surface area contributed by atoms with Gasteiger partial charge in [0.15, 0.2) is 17.2 Å². The fourth-order valence-corrected chi connectivity index (χ4v) is 10.8. The summed E-state index contributed by atoms with van der Waals surface area (Å²) < 4.78 is 96.2. The fraction of sp³-hybridized carbons (Fsp3) is 0.659. The van der Waals surface area contributed by atoms with Crippen molar-refractivity contribution in [3.63, 3.8) is 0 Å². The van der Waals surface area contributed by atoms with Crippen LogP contribution in [0.4, 0.5) is 18.0 Å². The quantitative estimate of drug-likeness (QED) is 0.175. The number of benzene rings is 1. The van der Waals surface area contributed by atoms with Crippen LogP contribution in [0.25, 0.3) is 10.8 Å². The molecule has 1 saturated heterocycles. The van der Waals surface area contributed by atoms with E-state index in [1.807, 2.05) is 13.0 Å². The van der Waals surface area contributed by atoms with Gasteiger partial charge >= 0.3 is 12.1 Å². The third kappa shape index (κ3) is 8.04. The molecular weight excluding hydrogens is 848 g/mol. The maximum atomic E-state index is 18.0. The van der Waals surface area contributed by atoms with Crippen molar-refractivity contribution in [1.82, 2.24) is 24.8 Å². The van der Waals surface area contributed by atoms with Crippen LogP contribution in [0.2, 0.25) is 0 Å². The molecule has 8 atom stereocenters. The Balaban J connectivity index is 1.38. The third-order valence-electron chi connectivity index (χ3n) is 14.1. The van der Waals surface area contributed by atoms with Crippen molar-refractivity contribution < 1.29 is 60.1 Å². The first-order chi connectivity index (χ1) is 29.6. The number of fused-ring (bicyclic) bond motifs is 5. The van der Waals surface area contributed by atoms with Gasteiger partial charge in [-0.25, -0.2) is 17.6 Å². The van der Waals surface area contributed by atoms with Gasteiger partial charge in [0.25, 0.3) is 11.8 Å². The number of hydrogen-bond acceptors (Lipinski definition) is 10. The van der Waals surface area contributed by atoms with Crippen LogP contribution in [-0.4, -0.2) is 106 Å². The Morgan fingerprint density at radius 2 is 1.87 bits per heavy atom. The topological polar surface area (TPSA) is 194 Å². The number of nitrogens with one attached hydrogen (secondary N) is 2. The first kappa shape index (κ1) is 46.2. The Bertz CT molecular complexity index is 2330. The van der Waals surface area contributed by atoms with Crippen LogP contribution in [0, 0.1) is 23.6 Å². The smallest absolute Gasteiger partial charge is 0.408 e. The molecule has 63 heavy (non-hydrogen) atoms. The Morgan fingerprint density at radius 3 is 2.51 bits per heavy atom. The van der Waals surface area contributed by atoms with E-state index in [-0.39, 0.29) is 60.1 Å². The zero-order valence-electron chi connectivity index (χ0n) is 36.8. The van der Waals surface area contributed by atoms with Crippen molar-refractivity contribution >= 4 is 44.6 Å². The van der Waals surface area contributed by atoms with Crippen LogP contribution in [0.15, 0.2) is 24.3 Å². The predicted molar refractivity (Wildman–Crippen MR) is 224 cm³/mol. The lowest BCUT2D eigenvalue weighted by atomic mass is 9.83. The molecule has 7 rings (SSSR count). The van der Waals surface area contributed by atoms with E-state index in [0.717, 1.165) is 17.9 Å². The van der Waals surface area contributed by atoms with Crippen LogP contribution in [0.3, 0.4) is 0 Å². The van der Waals surface area contributed by atoms with Crippen molar-refractivity contribution in [2.45, 2.75) is 152 Å². The average molecular weight is 906 g/mol. The van der Waals surface area contributed by atoms with Crippen molar-refractivity contribution in [2.75, 3.05) is 13.7 Å². The van der Waals surface area contributed by atoms with Gasteiger partial charge in [0.1, 0.15) is 17.6 Å². The Morgan fingerprint density at radius 1 is 1.16 bits per heavy atom. The summed E-state index contributed by atoms with van der Waals surface area (Å²) in [5.74, 6) is -6.61. The maximum absolute atomic E-state index is 18.0. The highest BCUT2D eigenvalue weighted by Gasteiger charge is 2.71. The van der Waals surface area contributed by atoms with E-state index < -0.39 is 104 Å². The third-order valence-corrected chi connectivity index (χ3v) is 16.3. The summed E-state index contributed by atoms with van der Waals surface area (Å²) in [7, 11) is -2.93. The van der Waals surface area contributed by atoms with Crippen LogP contribution in [0.5, 0.6) is 17.5 Å². The summed E-state index contributed by atoms with van der Waals surface area (Å²) in [5, 5.41) is 13.7. The Labute approximate surface area is 365 Å². The standard InChI is InChI=1S/C44H58F3N5O10S/c1-8-25(4)51(40(56)57)34-26(9-2)19-24(3)13-10-11-14-27-22-43(27,39(55)50-63(58,59)41(5)16-17-41)49-35(53)32-23-42(6,44(46,47)52(32)38(34)54)62-37-30-20-31(45)33(60-7)21-29(30)28-15-12-18-61-36(28)48-37/h11,14,20-21,24-27,32,34H,8-10,12-13,15-19,22-23H2,1-7H3,(H,49,53)(H,50,55)(H,56,57)/b14-11-/t24-,25?,26-,27-,32+,34+,42-,43-/m1/s1. The molecule has 2 aliphatic carbocycles. The molecule has 346 valence electrons. The Kier molecular flexibility index (Phi) is 12.2. The van der Waals surface area contributed by atoms with Crippen molar-refractivity contribution in [1.29, 1.82) is 0 Å². The second-order valence-corrected chi connectivity index (χ2v) is 20.7. The molecule has 5 aliphatic rings. The van der Waals surface area contributed by atoms with E-state index in [1.165, 1.54) is 20.1 Å². The number of carboxylic acid groups (broad SMARTS) is 1. The molecule has 0 radical (unpaired) electrons. The van der Waals surface area contributed by atoms with E-state index in [9.17, 15) is 27.9 Å². The number of aromatic nitrogens is 1. The van der Waals surface area contributed by atoms with Crippen molar-refractivity contribution in [2.24, 2.45) is 17.8 Å². The van der Waals surface area contributed by atoms with Gasteiger partial charge in [-0.3, -0.25) is 28.9 Å². The highest BCUT2D eigenvalue weighted by Crippen LogP contribution is 2.52. The number of pyridine rings is 1. The number of nitrogens with zero attached hydrogens (tertiary/aromatic N) is 3. The summed E-state index contributed by atoms with van der Waals surface area (Å²) >= 11 is 0. The van der Waals surface area contributed by atoms with Gasteiger partial charge in [0.2, 0.25) is 27.7 Å². The summed E-state index contributed by atoms with van der Waals surface area (Å²) in [4.78, 5) is 62.9. The van der Waals surface area contributed by atoms with E-state index >= 15 is 18.0 Å². The number of ether oxygens (including phenoxy) is 3. The first-order valence-corrected chi connectivity index (χ1v) is 23.4. The minimum atomic E-state index is -4.40. The number of alkyl halides is 2. The lowest BCUT2D eigenvalue weighted by Crippen LogP contribution is -2.65. The molecule has 4 amide bonds. The molecule has 3 fully saturated rings. The molecule has 1 aromatic carbocycles. The largest absolute Gasteiger partial charge is 0.494 e. The number of carbonyl (C=O) groups is 4. The molecule has 15 nitrogen and oxygen atoms in total. The molecule has 2 aromatic rings. The second kappa shape index (κ2) is 16.6. The number of methoxy groups -OCH3 is 1. The molecule has 2 saturated carbocycles. The van der Waals surface area contributed by atoms with Crippen LogP contribution < -0.4 is 24.2 Å². The summed E-state index contributed by atoms with van der Waals surface area (Å²) in [6, 6.07) is -6.58. The minimum Gasteiger partial charge on any atom is -0.494 e. The molecule has 1 unspecified atom stereocenters. The second-order valence-electron chi connectivity index (χ2n) is 18.5. The summed E-state index contributed by atoms with van der Waals surface area (Å²) in [6.45, 7) is 9.68. The number of allylic oxidation sites excluding steroid dienone is 1. The maximum Gasteiger partial charge on any atom is 0.408 e. The fourth-order valence-electron chi connectivity index (χ4n) is 9.51. The molecule has 1 aromatic heterocycles. The molecule has 3 aliphatic heterocycles. The number of hydrogen-bond donors (Lipinski definition) is 3. The van der Waals surface area contributed by atoms with Gasteiger partial charge < -0.3 is 24.6 Å². The van der Waals surface area contributed by atoms with Crippen LogP contribution >= 0.6 is 0 Å². The van der Waals surface area contributed by atoms with Gasteiger partial charge in [-0.2, -0.15) is 13.8 Å². The van der Waals surface area contributed by atoms with E-state index in [4.69, 9.17) is 14.2 Å². The number of halogens is 3. The van der Waals surface area contributed by atoms with Gasteiger partial charge in [-0.05, 0) is 108 Å². The van der Waals surface area contributed by atoms with Crippen LogP contribution in [0.1, 0.15) is 111 Å². The number of aryl methyl sites for hydroxylation is 1. The number of rotatable bonds is 10. The molecule has 19 heteroatoms. The molecule has 0 spiro atoms. The van der Waals surface area contributed by atoms with E-state index in [1.54, 1.807) is 26.8 Å². The lowest BCUT2D eigenvalue weighted by Gasteiger charge is -2.43. The monoisotopic (exact) mass is 905 g/mol. The zero-order chi connectivity index (χ0) is 46.0. The lowest BCUT2D eigenvalue weighted by molar-refractivity contribution is -0.219. The SMILES string of the molecule is CCC(C)N(C(=O)O)[C@@H]1C(=O)N2[C@@H](C[C@@](C)(Oc3nc4c(c5cc(OC)c(F)cc35)CCCO4)C2(F)F)C(=O)N[C@]2(C(=O)NS(=O)(=O)C3(C)CC3)C[C@H]2/C=C\CC[C@@H](C)C[C@H]1CC. The molecule has 0 bridgehead atoms. The van der Waals surface area contributed by atoms with Crippen molar-refractivity contribution in [3.05, 3.63) is 35.7 Å². The zero-order valence-corrected chi connectivity index (χ0v) is 37.6. The van der Waals surface area contributed by atoms with Gasteiger partial charge in [0, 0.05) is 29.3 Å². The first-order valence-electron chi connectivity index (χ1n) is 21.9. The highest BCUT2D eigenvalue weighted by molar-refractivity contribution is 7.91. The Hall–Kier alpha value is -4.81. The van der Waals surface area contributed by atoms with Crippen LogP contribution in [-0.2, 0) is 30.8 Å². The van der Waals surface area contributed by atoms with E-state index in [0.29, 0.717) is 49.5 Å². The number of sulfonamides is 1. The minimum absolute atomic E-state index is 0.00431. The number of carbonyl (C=O) groups excluding carboxylic acids is 3. The number of amides is 4. The molecule has 4 heterocycles. The van der Waals surface area contributed by atoms with Gasteiger partial charge in [0.05, 0.1) is 18.5 Å².